The number of benzene rings is 1. The quantitative estimate of drug-likeness (QED) is 0.887. The first-order valence-electron chi connectivity index (χ1n) is 6.86. The van der Waals surface area contributed by atoms with E-state index in [-0.39, 0.29) is 5.82 Å². The highest BCUT2D eigenvalue weighted by Gasteiger charge is 2.23. The number of nitrogens with one attached hydrogen (secondary N) is 1. The van der Waals surface area contributed by atoms with Gasteiger partial charge in [0.15, 0.2) is 0 Å². The fraction of sp³-hybridized carbons (Fsp3) is 0.600. The van der Waals surface area contributed by atoms with E-state index in [1.54, 1.807) is 13.0 Å². The molecule has 18 heavy (non-hydrogen) atoms. The fourth-order valence-electron chi connectivity index (χ4n) is 2.46. The standard InChI is InChI=1S/C15H23FN2/c1-4-11(2)15-10-18(8-7-17-15)13-6-5-12(3)14(16)9-13/h5-6,9,11,15,17H,4,7-8,10H2,1-3H3. The van der Waals surface area contributed by atoms with Gasteiger partial charge in [-0.15, -0.1) is 0 Å². The van der Waals surface area contributed by atoms with E-state index in [0.717, 1.165) is 25.3 Å². The molecule has 100 valence electrons. The largest absolute Gasteiger partial charge is 0.369 e. The van der Waals surface area contributed by atoms with Crippen molar-refractivity contribution >= 4 is 5.69 Å². The van der Waals surface area contributed by atoms with Gasteiger partial charge in [0.25, 0.3) is 0 Å². The molecule has 2 nitrogen and oxygen atoms in total. The summed E-state index contributed by atoms with van der Waals surface area (Å²) in [6.07, 6.45) is 1.17. The van der Waals surface area contributed by atoms with Crippen LogP contribution >= 0.6 is 0 Å². The van der Waals surface area contributed by atoms with Gasteiger partial charge in [0.2, 0.25) is 0 Å². The topological polar surface area (TPSA) is 15.3 Å². The molecule has 0 aromatic heterocycles. The van der Waals surface area contributed by atoms with Gasteiger partial charge in [-0.2, -0.15) is 0 Å². The molecule has 1 aromatic rings. The van der Waals surface area contributed by atoms with Crippen LogP contribution in [-0.4, -0.2) is 25.7 Å². The molecule has 1 aromatic carbocycles. The molecule has 0 bridgehead atoms. The van der Waals surface area contributed by atoms with E-state index in [2.05, 4.69) is 24.1 Å². The molecule has 2 rings (SSSR count). The van der Waals surface area contributed by atoms with E-state index in [1.807, 2.05) is 12.1 Å². The van der Waals surface area contributed by atoms with Crippen molar-refractivity contribution in [2.75, 3.05) is 24.5 Å². The Kier molecular flexibility index (Phi) is 4.23. The van der Waals surface area contributed by atoms with Gasteiger partial charge in [0, 0.05) is 31.4 Å². The van der Waals surface area contributed by atoms with Gasteiger partial charge < -0.3 is 10.2 Å². The van der Waals surface area contributed by atoms with Gasteiger partial charge in [0.1, 0.15) is 5.82 Å². The average Bonchev–Trinajstić information content (AvgIpc) is 2.41. The lowest BCUT2D eigenvalue weighted by Gasteiger charge is -2.38. The normalized spacial score (nSPS) is 22.0. The summed E-state index contributed by atoms with van der Waals surface area (Å²) in [5.41, 5.74) is 1.72. The minimum absolute atomic E-state index is 0.105. The predicted octanol–water partition coefficient (Wildman–Crippen LogP) is 2.96. The Hall–Kier alpha value is -1.09. The maximum Gasteiger partial charge on any atom is 0.128 e. The van der Waals surface area contributed by atoms with Crippen LogP contribution in [0.4, 0.5) is 10.1 Å². The number of halogens is 1. The molecule has 1 saturated heterocycles. The number of hydrogen-bond acceptors (Lipinski definition) is 2. The summed E-state index contributed by atoms with van der Waals surface area (Å²) in [4.78, 5) is 2.29. The lowest BCUT2D eigenvalue weighted by atomic mass is 9.97. The van der Waals surface area contributed by atoms with Gasteiger partial charge in [-0.3, -0.25) is 0 Å². The van der Waals surface area contributed by atoms with E-state index in [9.17, 15) is 4.39 Å². The third-order valence-electron chi connectivity index (χ3n) is 4.06. The van der Waals surface area contributed by atoms with Crippen LogP contribution in [0.1, 0.15) is 25.8 Å². The third-order valence-corrected chi connectivity index (χ3v) is 4.06. The fourth-order valence-corrected chi connectivity index (χ4v) is 2.46. The maximum atomic E-state index is 13.6. The monoisotopic (exact) mass is 250 g/mol. The van der Waals surface area contributed by atoms with Crippen molar-refractivity contribution in [1.29, 1.82) is 0 Å². The molecule has 1 fully saturated rings. The summed E-state index contributed by atoms with van der Waals surface area (Å²) in [6, 6.07) is 6.06. The Bertz CT molecular complexity index is 405. The van der Waals surface area contributed by atoms with E-state index < -0.39 is 0 Å². The Labute approximate surface area is 109 Å². The molecule has 0 spiro atoms. The zero-order valence-electron chi connectivity index (χ0n) is 11.5. The van der Waals surface area contributed by atoms with Crippen LogP contribution in [0.5, 0.6) is 0 Å². The number of rotatable bonds is 3. The van der Waals surface area contributed by atoms with Crippen molar-refractivity contribution < 1.29 is 4.39 Å². The van der Waals surface area contributed by atoms with Gasteiger partial charge >= 0.3 is 0 Å². The molecule has 1 N–H and O–H groups in total. The second-order valence-corrected chi connectivity index (χ2v) is 5.33. The van der Waals surface area contributed by atoms with Crippen molar-refractivity contribution in [3.8, 4) is 0 Å². The Morgan fingerprint density at radius 1 is 1.50 bits per heavy atom. The van der Waals surface area contributed by atoms with Gasteiger partial charge in [-0.25, -0.2) is 4.39 Å². The van der Waals surface area contributed by atoms with E-state index >= 15 is 0 Å². The molecule has 1 aliphatic rings. The van der Waals surface area contributed by atoms with Gasteiger partial charge in [-0.1, -0.05) is 26.3 Å². The van der Waals surface area contributed by atoms with E-state index in [0.29, 0.717) is 17.5 Å². The average molecular weight is 250 g/mol. The molecule has 0 saturated carbocycles. The minimum atomic E-state index is -0.105. The lowest BCUT2D eigenvalue weighted by Crippen LogP contribution is -2.53. The lowest BCUT2D eigenvalue weighted by molar-refractivity contribution is 0.341. The van der Waals surface area contributed by atoms with Gasteiger partial charge in [-0.05, 0) is 30.5 Å². The SMILES string of the molecule is CCC(C)C1CN(c2ccc(C)c(F)c2)CCN1. The highest BCUT2D eigenvalue weighted by molar-refractivity contribution is 5.48. The molecular formula is C15H23FN2. The summed E-state index contributed by atoms with van der Waals surface area (Å²) >= 11 is 0. The number of nitrogens with zero attached hydrogens (tertiary/aromatic N) is 1. The summed E-state index contributed by atoms with van der Waals surface area (Å²) in [6.45, 7) is 9.20. The summed E-state index contributed by atoms with van der Waals surface area (Å²) < 4.78 is 13.6. The number of piperazine rings is 1. The second kappa shape index (κ2) is 5.70. The Morgan fingerprint density at radius 2 is 2.28 bits per heavy atom. The third kappa shape index (κ3) is 2.83. The first kappa shape index (κ1) is 13.3. The summed E-state index contributed by atoms with van der Waals surface area (Å²) in [7, 11) is 0. The van der Waals surface area contributed by atoms with Crippen molar-refractivity contribution in [2.24, 2.45) is 5.92 Å². The Balaban J connectivity index is 2.10. The molecule has 1 heterocycles. The maximum absolute atomic E-state index is 13.6. The number of aryl methyl sites for hydroxylation is 1. The van der Waals surface area contributed by atoms with Crippen LogP contribution in [0.3, 0.4) is 0 Å². The van der Waals surface area contributed by atoms with Crippen LogP contribution in [0.25, 0.3) is 0 Å². The van der Waals surface area contributed by atoms with Crippen molar-refractivity contribution in [3.63, 3.8) is 0 Å². The molecule has 1 aliphatic heterocycles. The van der Waals surface area contributed by atoms with Crippen LogP contribution in [0.2, 0.25) is 0 Å². The minimum Gasteiger partial charge on any atom is -0.369 e. The highest BCUT2D eigenvalue weighted by atomic mass is 19.1. The number of anilines is 1. The van der Waals surface area contributed by atoms with Crippen molar-refractivity contribution in [1.82, 2.24) is 5.32 Å². The van der Waals surface area contributed by atoms with Crippen LogP contribution in [0.15, 0.2) is 18.2 Å². The first-order valence-corrected chi connectivity index (χ1v) is 6.86. The smallest absolute Gasteiger partial charge is 0.128 e. The van der Waals surface area contributed by atoms with Crippen molar-refractivity contribution in [2.45, 2.75) is 33.2 Å². The van der Waals surface area contributed by atoms with Crippen molar-refractivity contribution in [3.05, 3.63) is 29.6 Å². The first-order chi connectivity index (χ1) is 8.61. The second-order valence-electron chi connectivity index (χ2n) is 5.33. The molecule has 0 radical (unpaired) electrons. The zero-order chi connectivity index (χ0) is 13.1. The zero-order valence-corrected chi connectivity index (χ0v) is 11.5. The molecule has 0 amide bonds. The predicted molar refractivity (Wildman–Crippen MR) is 74.6 cm³/mol. The van der Waals surface area contributed by atoms with Gasteiger partial charge in [0.05, 0.1) is 0 Å². The molecule has 2 unspecified atom stereocenters. The highest BCUT2D eigenvalue weighted by Crippen LogP contribution is 2.21. The van der Waals surface area contributed by atoms with E-state index in [1.165, 1.54) is 6.42 Å². The number of hydrogen-bond donors (Lipinski definition) is 1. The van der Waals surface area contributed by atoms with Crippen LogP contribution in [-0.2, 0) is 0 Å². The molecule has 3 heteroatoms. The molecule has 0 aliphatic carbocycles. The van der Waals surface area contributed by atoms with Crippen LogP contribution in [0, 0.1) is 18.7 Å². The molecular weight excluding hydrogens is 227 g/mol. The molecule has 2 atom stereocenters. The summed E-state index contributed by atoms with van der Waals surface area (Å²) in [5, 5.41) is 3.56. The van der Waals surface area contributed by atoms with Crippen LogP contribution < -0.4 is 10.2 Å². The van der Waals surface area contributed by atoms with E-state index in [4.69, 9.17) is 0 Å². The summed E-state index contributed by atoms with van der Waals surface area (Å²) in [5.74, 6) is 0.550. The Morgan fingerprint density at radius 3 is 2.94 bits per heavy atom.